The summed E-state index contributed by atoms with van der Waals surface area (Å²) in [4.78, 5) is 7.50. The van der Waals surface area contributed by atoms with Gasteiger partial charge in [-0.2, -0.15) is 5.10 Å². The van der Waals surface area contributed by atoms with Crippen LogP contribution in [0.2, 0.25) is 0 Å². The Balaban J connectivity index is 1.42. The van der Waals surface area contributed by atoms with Gasteiger partial charge in [0.1, 0.15) is 0 Å². The van der Waals surface area contributed by atoms with Gasteiger partial charge in [0.2, 0.25) is 0 Å². The first-order valence-corrected chi connectivity index (χ1v) is 11.6. The summed E-state index contributed by atoms with van der Waals surface area (Å²) < 4.78 is 0. The topological polar surface area (TPSA) is 53.6 Å². The Hall–Kier alpha value is -1.79. The van der Waals surface area contributed by atoms with E-state index in [1.807, 2.05) is 29.3 Å². The first-order valence-electron chi connectivity index (χ1n) is 9.88. The molecule has 2 heterocycles. The quantitative estimate of drug-likeness (QED) is 0.494. The van der Waals surface area contributed by atoms with Crippen LogP contribution >= 0.6 is 23.1 Å². The van der Waals surface area contributed by atoms with Crippen LogP contribution in [0.3, 0.4) is 0 Å². The number of thiazole rings is 1. The number of benzene rings is 1. The zero-order valence-corrected chi connectivity index (χ0v) is 16.9. The molecule has 1 aromatic carbocycles. The average Bonchev–Trinajstić information content (AvgIpc) is 3.17. The highest BCUT2D eigenvalue weighted by Gasteiger charge is 2.25. The van der Waals surface area contributed by atoms with Gasteiger partial charge < -0.3 is 5.32 Å². The highest BCUT2D eigenvalue weighted by molar-refractivity contribution is 8.00. The van der Waals surface area contributed by atoms with Crippen LogP contribution in [0, 0.1) is 0 Å². The lowest BCUT2D eigenvalue weighted by Crippen LogP contribution is -2.03. The van der Waals surface area contributed by atoms with Crippen LogP contribution in [0.1, 0.15) is 55.9 Å². The van der Waals surface area contributed by atoms with Crippen LogP contribution in [0.5, 0.6) is 0 Å². The average molecular weight is 397 g/mol. The molecule has 0 aliphatic heterocycles. The molecule has 3 aromatic rings. The second kappa shape index (κ2) is 7.68. The van der Waals surface area contributed by atoms with Crippen molar-refractivity contribution < 1.29 is 0 Å². The number of aromatic nitrogens is 3. The Morgan fingerprint density at radius 2 is 1.93 bits per heavy atom. The maximum absolute atomic E-state index is 4.82. The molecule has 0 amide bonds. The zero-order valence-electron chi connectivity index (χ0n) is 15.3. The molecule has 4 nitrogen and oxygen atoms in total. The van der Waals surface area contributed by atoms with Crippen molar-refractivity contribution in [2.45, 2.75) is 61.0 Å². The van der Waals surface area contributed by atoms with Gasteiger partial charge in [-0.05, 0) is 37.8 Å². The number of hydrogen-bond acceptors (Lipinski definition) is 5. The first kappa shape index (κ1) is 17.3. The number of thioether (sulfide) groups is 1. The van der Waals surface area contributed by atoms with Gasteiger partial charge in [-0.1, -0.05) is 25.3 Å². The minimum atomic E-state index is 0.680. The number of nitrogens with one attached hydrogen (secondary N) is 2. The van der Waals surface area contributed by atoms with E-state index in [0.717, 1.165) is 16.6 Å². The Morgan fingerprint density at radius 3 is 2.70 bits per heavy atom. The number of H-pyrrole nitrogens is 1. The summed E-state index contributed by atoms with van der Waals surface area (Å²) in [7, 11) is 0. The van der Waals surface area contributed by atoms with Crippen LogP contribution in [0.25, 0.3) is 10.4 Å². The first-order chi connectivity index (χ1) is 13.3. The lowest BCUT2D eigenvalue weighted by Gasteiger charge is -2.18. The van der Waals surface area contributed by atoms with Crippen LogP contribution < -0.4 is 5.32 Å². The normalized spacial score (nSPS) is 17.9. The van der Waals surface area contributed by atoms with Crippen molar-refractivity contribution >= 4 is 34.5 Å². The number of rotatable bonds is 6. The standard InChI is InChI=1S/C21H24N4S2/c1-2-4-14(5-3-1)21-22-13-20(27-21)18-9-6-15(25-16-11-23-24-12-16)10-19(18)26-17-7-8-17/h6,9-14,17,25H,1-5,7-8H2,(H,23,24). The van der Waals surface area contributed by atoms with E-state index in [1.165, 1.54) is 65.3 Å². The highest BCUT2D eigenvalue weighted by atomic mass is 32.2. The second-order valence-corrected chi connectivity index (χ2v) is 9.94. The molecule has 0 radical (unpaired) electrons. The summed E-state index contributed by atoms with van der Waals surface area (Å²) >= 11 is 3.92. The van der Waals surface area contributed by atoms with Crippen LogP contribution in [-0.4, -0.2) is 20.4 Å². The SMILES string of the molecule is c1cc(-c2cnc(C3CCCCC3)s2)c(SC2CC2)cc1Nc1cn[nH]c1. The molecule has 6 heteroatoms. The lowest BCUT2D eigenvalue weighted by atomic mass is 9.90. The predicted molar refractivity (Wildman–Crippen MR) is 114 cm³/mol. The Morgan fingerprint density at radius 1 is 1.04 bits per heavy atom. The van der Waals surface area contributed by atoms with Gasteiger partial charge >= 0.3 is 0 Å². The largest absolute Gasteiger partial charge is 0.353 e. The van der Waals surface area contributed by atoms with Gasteiger partial charge in [0.05, 0.1) is 21.8 Å². The van der Waals surface area contributed by atoms with Crippen molar-refractivity contribution in [2.24, 2.45) is 0 Å². The number of anilines is 2. The molecule has 0 atom stereocenters. The maximum atomic E-state index is 4.82. The van der Waals surface area contributed by atoms with Crippen molar-refractivity contribution in [1.29, 1.82) is 0 Å². The highest BCUT2D eigenvalue weighted by Crippen LogP contribution is 2.46. The lowest BCUT2D eigenvalue weighted by molar-refractivity contribution is 0.442. The number of hydrogen-bond donors (Lipinski definition) is 2. The molecular weight excluding hydrogens is 372 g/mol. The molecule has 2 fully saturated rings. The van der Waals surface area contributed by atoms with E-state index in [2.05, 4.69) is 39.9 Å². The molecule has 2 aliphatic rings. The molecule has 140 valence electrons. The minimum absolute atomic E-state index is 0.680. The van der Waals surface area contributed by atoms with E-state index in [-0.39, 0.29) is 0 Å². The van der Waals surface area contributed by atoms with E-state index in [9.17, 15) is 0 Å². The Kier molecular flexibility index (Phi) is 4.93. The van der Waals surface area contributed by atoms with Gasteiger partial charge in [0, 0.05) is 39.7 Å². The third kappa shape index (κ3) is 4.06. The van der Waals surface area contributed by atoms with Crippen LogP contribution in [0.4, 0.5) is 11.4 Å². The van der Waals surface area contributed by atoms with E-state index < -0.39 is 0 Å². The molecule has 0 spiro atoms. The van der Waals surface area contributed by atoms with Gasteiger partial charge in [-0.25, -0.2) is 4.98 Å². The van der Waals surface area contributed by atoms with Gasteiger partial charge in [-0.3, -0.25) is 5.10 Å². The summed E-state index contributed by atoms with van der Waals surface area (Å²) in [5.74, 6) is 0.680. The molecule has 0 bridgehead atoms. The van der Waals surface area contributed by atoms with Crippen LogP contribution in [-0.2, 0) is 0 Å². The summed E-state index contributed by atoms with van der Waals surface area (Å²) in [6, 6.07) is 6.70. The van der Waals surface area contributed by atoms with Crippen molar-refractivity contribution in [3.8, 4) is 10.4 Å². The van der Waals surface area contributed by atoms with Crippen molar-refractivity contribution in [1.82, 2.24) is 15.2 Å². The molecule has 2 saturated carbocycles. The third-order valence-electron chi connectivity index (χ3n) is 5.33. The summed E-state index contributed by atoms with van der Waals surface area (Å²) in [5.41, 5.74) is 3.44. The van der Waals surface area contributed by atoms with Gasteiger partial charge in [-0.15, -0.1) is 23.1 Å². The molecule has 2 aromatic heterocycles. The molecule has 5 rings (SSSR count). The van der Waals surface area contributed by atoms with Crippen molar-refractivity contribution in [3.05, 3.63) is 41.8 Å². The molecule has 2 aliphatic carbocycles. The fourth-order valence-corrected chi connectivity index (χ4v) is 6.12. The zero-order chi connectivity index (χ0) is 18.1. The maximum Gasteiger partial charge on any atom is 0.0962 e. The molecule has 27 heavy (non-hydrogen) atoms. The fraction of sp³-hybridized carbons (Fsp3) is 0.429. The van der Waals surface area contributed by atoms with E-state index >= 15 is 0 Å². The molecular formula is C21H24N4S2. The molecule has 0 saturated heterocycles. The monoisotopic (exact) mass is 396 g/mol. The van der Waals surface area contributed by atoms with Gasteiger partial charge in [0.25, 0.3) is 0 Å². The smallest absolute Gasteiger partial charge is 0.0962 e. The summed E-state index contributed by atoms with van der Waals surface area (Å²) in [6.07, 6.45) is 15.2. The second-order valence-electron chi connectivity index (χ2n) is 7.54. The third-order valence-corrected chi connectivity index (χ3v) is 7.92. The Labute approximate surface area is 168 Å². The van der Waals surface area contributed by atoms with E-state index in [0.29, 0.717) is 5.92 Å². The fourth-order valence-electron chi connectivity index (χ4n) is 3.70. The van der Waals surface area contributed by atoms with Crippen molar-refractivity contribution in [2.75, 3.05) is 5.32 Å². The van der Waals surface area contributed by atoms with E-state index in [4.69, 9.17) is 4.98 Å². The molecule has 0 unspecified atom stereocenters. The van der Waals surface area contributed by atoms with E-state index in [1.54, 1.807) is 6.20 Å². The number of nitrogens with zero attached hydrogens (tertiary/aromatic N) is 2. The minimum Gasteiger partial charge on any atom is -0.353 e. The summed E-state index contributed by atoms with van der Waals surface area (Å²) in [6.45, 7) is 0. The Bertz CT molecular complexity index is 893. The number of aromatic amines is 1. The molecule has 2 N–H and O–H groups in total. The van der Waals surface area contributed by atoms with Crippen LogP contribution in [0.15, 0.2) is 41.7 Å². The summed E-state index contributed by atoms with van der Waals surface area (Å²) in [5, 5.41) is 12.4. The predicted octanol–water partition coefficient (Wildman–Crippen LogP) is 6.58. The van der Waals surface area contributed by atoms with Gasteiger partial charge in [0.15, 0.2) is 0 Å². The van der Waals surface area contributed by atoms with Crippen molar-refractivity contribution in [3.63, 3.8) is 0 Å².